The van der Waals surface area contributed by atoms with Crippen LogP contribution >= 0.6 is 0 Å². The van der Waals surface area contributed by atoms with Crippen molar-refractivity contribution in [3.63, 3.8) is 0 Å². The van der Waals surface area contributed by atoms with Gasteiger partial charge >= 0.3 is 0 Å². The number of methoxy groups -OCH3 is 1. The molecule has 0 bridgehead atoms. The van der Waals surface area contributed by atoms with Crippen LogP contribution in [-0.2, 0) is 0 Å². The van der Waals surface area contributed by atoms with Gasteiger partial charge in [0.05, 0.1) is 13.2 Å². The Hall–Kier alpha value is -1.95. The first-order valence-electron chi connectivity index (χ1n) is 4.63. The lowest BCUT2D eigenvalue weighted by Crippen LogP contribution is -2.17. The summed E-state index contributed by atoms with van der Waals surface area (Å²) in [5, 5.41) is 11.9. The van der Waals surface area contributed by atoms with E-state index in [1.165, 1.54) is 0 Å². The monoisotopic (exact) mass is 202 g/mol. The van der Waals surface area contributed by atoms with Crippen molar-refractivity contribution in [3.05, 3.63) is 36.4 Å². The number of rotatable bonds is 4. The van der Waals surface area contributed by atoms with E-state index in [-0.39, 0.29) is 6.04 Å². The third kappa shape index (κ3) is 3.03. The molecule has 0 radical (unpaired) electrons. The SMILES string of the molecule is C=C(C)C(C#N)Nc1cccc(OC)c1. The Morgan fingerprint density at radius 1 is 1.60 bits per heavy atom. The summed E-state index contributed by atoms with van der Waals surface area (Å²) in [6.07, 6.45) is 0. The van der Waals surface area contributed by atoms with E-state index in [0.29, 0.717) is 0 Å². The van der Waals surface area contributed by atoms with Crippen molar-refractivity contribution in [3.8, 4) is 11.8 Å². The number of anilines is 1. The van der Waals surface area contributed by atoms with E-state index in [2.05, 4.69) is 18.0 Å². The number of nitriles is 1. The average molecular weight is 202 g/mol. The van der Waals surface area contributed by atoms with Crippen LogP contribution in [-0.4, -0.2) is 13.2 Å². The van der Waals surface area contributed by atoms with Crippen LogP contribution in [0.4, 0.5) is 5.69 Å². The van der Waals surface area contributed by atoms with E-state index in [0.717, 1.165) is 17.0 Å². The lowest BCUT2D eigenvalue weighted by Gasteiger charge is -2.13. The van der Waals surface area contributed by atoms with E-state index in [4.69, 9.17) is 10.00 Å². The molecule has 0 amide bonds. The molecule has 15 heavy (non-hydrogen) atoms. The van der Waals surface area contributed by atoms with Crippen molar-refractivity contribution in [2.24, 2.45) is 0 Å². The van der Waals surface area contributed by atoms with Crippen molar-refractivity contribution in [1.29, 1.82) is 5.26 Å². The van der Waals surface area contributed by atoms with Gasteiger partial charge in [0, 0.05) is 11.8 Å². The predicted molar refractivity (Wildman–Crippen MR) is 60.8 cm³/mol. The third-order valence-corrected chi connectivity index (χ3v) is 2.00. The maximum atomic E-state index is 8.88. The van der Waals surface area contributed by atoms with Gasteiger partial charge in [0.15, 0.2) is 0 Å². The lowest BCUT2D eigenvalue weighted by atomic mass is 10.1. The second kappa shape index (κ2) is 5.06. The summed E-state index contributed by atoms with van der Waals surface area (Å²) >= 11 is 0. The Balaban J connectivity index is 2.80. The van der Waals surface area contributed by atoms with Gasteiger partial charge in [0.1, 0.15) is 11.8 Å². The first-order chi connectivity index (χ1) is 7.17. The molecule has 0 heterocycles. The molecule has 1 atom stereocenters. The minimum Gasteiger partial charge on any atom is -0.497 e. The lowest BCUT2D eigenvalue weighted by molar-refractivity contribution is 0.415. The van der Waals surface area contributed by atoms with Crippen molar-refractivity contribution >= 4 is 5.69 Å². The van der Waals surface area contributed by atoms with E-state index < -0.39 is 0 Å². The molecule has 1 aromatic carbocycles. The Morgan fingerprint density at radius 2 is 2.33 bits per heavy atom. The third-order valence-electron chi connectivity index (χ3n) is 2.00. The minimum atomic E-state index is -0.364. The fourth-order valence-electron chi connectivity index (χ4n) is 1.15. The van der Waals surface area contributed by atoms with Gasteiger partial charge in [0.2, 0.25) is 0 Å². The van der Waals surface area contributed by atoms with Gasteiger partial charge < -0.3 is 10.1 Å². The highest BCUT2D eigenvalue weighted by Crippen LogP contribution is 2.18. The number of nitrogens with one attached hydrogen (secondary N) is 1. The normalized spacial score (nSPS) is 11.3. The van der Waals surface area contributed by atoms with Gasteiger partial charge in [-0.05, 0) is 24.6 Å². The largest absolute Gasteiger partial charge is 0.497 e. The van der Waals surface area contributed by atoms with Crippen LogP contribution in [0.1, 0.15) is 6.92 Å². The van der Waals surface area contributed by atoms with E-state index >= 15 is 0 Å². The molecule has 0 fully saturated rings. The zero-order chi connectivity index (χ0) is 11.3. The zero-order valence-electron chi connectivity index (χ0n) is 8.95. The maximum absolute atomic E-state index is 8.88. The molecule has 0 aliphatic heterocycles. The van der Waals surface area contributed by atoms with Crippen molar-refractivity contribution in [2.75, 3.05) is 12.4 Å². The number of hydrogen-bond acceptors (Lipinski definition) is 3. The van der Waals surface area contributed by atoms with Crippen molar-refractivity contribution < 1.29 is 4.74 Å². The number of nitrogens with zero attached hydrogens (tertiary/aromatic N) is 1. The summed E-state index contributed by atoms with van der Waals surface area (Å²) in [4.78, 5) is 0. The Morgan fingerprint density at radius 3 is 2.87 bits per heavy atom. The van der Waals surface area contributed by atoms with Crippen LogP contribution in [0.25, 0.3) is 0 Å². The van der Waals surface area contributed by atoms with Gasteiger partial charge in [-0.3, -0.25) is 0 Å². The van der Waals surface area contributed by atoms with E-state index in [1.54, 1.807) is 7.11 Å². The smallest absolute Gasteiger partial charge is 0.135 e. The molecule has 0 aromatic heterocycles. The molecule has 1 unspecified atom stereocenters. The fourth-order valence-corrected chi connectivity index (χ4v) is 1.15. The standard InChI is InChI=1S/C12H14N2O/c1-9(2)12(8-13)14-10-5-4-6-11(7-10)15-3/h4-7,12,14H,1H2,2-3H3. The molecule has 0 saturated heterocycles. The van der Waals surface area contributed by atoms with Crippen LogP contribution in [0.15, 0.2) is 36.4 Å². The summed E-state index contributed by atoms with van der Waals surface area (Å²) in [7, 11) is 1.61. The van der Waals surface area contributed by atoms with Gasteiger partial charge in [-0.15, -0.1) is 0 Å². The molecule has 0 saturated carbocycles. The molecule has 1 rings (SSSR count). The average Bonchev–Trinajstić information content (AvgIpc) is 2.25. The zero-order valence-corrected chi connectivity index (χ0v) is 8.95. The molecular weight excluding hydrogens is 188 g/mol. The molecule has 1 N–H and O–H groups in total. The van der Waals surface area contributed by atoms with E-state index in [1.807, 2.05) is 31.2 Å². The van der Waals surface area contributed by atoms with Crippen LogP contribution in [0.5, 0.6) is 5.75 Å². The van der Waals surface area contributed by atoms with Crippen LogP contribution in [0, 0.1) is 11.3 Å². The summed E-state index contributed by atoms with van der Waals surface area (Å²) in [5.41, 5.74) is 1.64. The second-order valence-electron chi connectivity index (χ2n) is 3.28. The number of benzene rings is 1. The number of hydrogen-bond donors (Lipinski definition) is 1. The Kier molecular flexibility index (Phi) is 3.75. The topological polar surface area (TPSA) is 45.0 Å². The highest BCUT2D eigenvalue weighted by Gasteiger charge is 2.07. The number of ether oxygens (including phenoxy) is 1. The van der Waals surface area contributed by atoms with Gasteiger partial charge in [-0.2, -0.15) is 5.26 Å². The highest BCUT2D eigenvalue weighted by atomic mass is 16.5. The first-order valence-corrected chi connectivity index (χ1v) is 4.63. The van der Waals surface area contributed by atoms with Gasteiger partial charge in [-0.25, -0.2) is 0 Å². The van der Waals surface area contributed by atoms with E-state index in [9.17, 15) is 0 Å². The molecule has 0 aliphatic rings. The molecule has 0 aliphatic carbocycles. The Labute approximate surface area is 90.0 Å². The maximum Gasteiger partial charge on any atom is 0.135 e. The molecular formula is C12H14N2O. The van der Waals surface area contributed by atoms with Gasteiger partial charge in [0.25, 0.3) is 0 Å². The van der Waals surface area contributed by atoms with Gasteiger partial charge in [-0.1, -0.05) is 12.6 Å². The summed E-state index contributed by atoms with van der Waals surface area (Å²) in [5.74, 6) is 0.762. The molecule has 78 valence electrons. The predicted octanol–water partition coefficient (Wildman–Crippen LogP) is 2.58. The summed E-state index contributed by atoms with van der Waals surface area (Å²) in [6.45, 7) is 5.57. The van der Waals surface area contributed by atoms with Crippen LogP contribution in [0.2, 0.25) is 0 Å². The Bertz CT molecular complexity index is 393. The summed E-state index contributed by atoms with van der Waals surface area (Å²) in [6, 6.07) is 9.22. The second-order valence-corrected chi connectivity index (χ2v) is 3.28. The first kappa shape index (κ1) is 11.1. The highest BCUT2D eigenvalue weighted by molar-refractivity contribution is 5.51. The summed E-state index contributed by atoms with van der Waals surface area (Å²) < 4.78 is 5.09. The minimum absolute atomic E-state index is 0.364. The quantitative estimate of drug-likeness (QED) is 0.763. The molecule has 1 aromatic rings. The van der Waals surface area contributed by atoms with Crippen LogP contribution < -0.4 is 10.1 Å². The van der Waals surface area contributed by atoms with Crippen LogP contribution in [0.3, 0.4) is 0 Å². The van der Waals surface area contributed by atoms with Crippen molar-refractivity contribution in [2.45, 2.75) is 13.0 Å². The molecule has 3 heteroatoms. The molecule has 0 spiro atoms. The molecule has 3 nitrogen and oxygen atoms in total. The fraction of sp³-hybridized carbons (Fsp3) is 0.250. The van der Waals surface area contributed by atoms with Crippen molar-refractivity contribution in [1.82, 2.24) is 0 Å².